The van der Waals surface area contributed by atoms with Crippen molar-refractivity contribution in [1.82, 2.24) is 20.3 Å². The van der Waals surface area contributed by atoms with Crippen LogP contribution in [0.15, 0.2) is 4.99 Å². The molecule has 0 aromatic carbocycles. The zero-order valence-corrected chi connectivity index (χ0v) is 18.3. The molecule has 1 heterocycles. The second-order valence-electron chi connectivity index (χ2n) is 5.79. The molecule has 0 radical (unpaired) electrons. The number of sulfonamides is 1. The van der Waals surface area contributed by atoms with E-state index in [9.17, 15) is 8.42 Å². The van der Waals surface area contributed by atoms with Crippen molar-refractivity contribution < 1.29 is 8.42 Å². The van der Waals surface area contributed by atoms with Gasteiger partial charge >= 0.3 is 0 Å². The quantitative estimate of drug-likeness (QED) is 0.328. The largest absolute Gasteiger partial charge is 0.355 e. The number of rotatable bonds is 6. The Hall–Kier alpha value is -0.460. The maximum Gasteiger partial charge on any atom is 0.209 e. The number of halogens is 1. The average Bonchev–Trinajstić information content (AvgIpc) is 2.66. The molecule has 0 saturated heterocycles. The molecule has 134 valence electrons. The SMILES string of the molecule is CN=C(NCc1nc(C)c(C)s1)NCC(C)(C)NS(C)(=O)=O.I. The molecule has 1 rings (SSSR count). The summed E-state index contributed by atoms with van der Waals surface area (Å²) in [6.07, 6.45) is 1.15. The second kappa shape index (κ2) is 9.14. The van der Waals surface area contributed by atoms with Crippen molar-refractivity contribution in [1.29, 1.82) is 0 Å². The molecule has 0 unspecified atom stereocenters. The van der Waals surface area contributed by atoms with Crippen LogP contribution >= 0.6 is 35.3 Å². The summed E-state index contributed by atoms with van der Waals surface area (Å²) in [4.78, 5) is 9.79. The molecule has 23 heavy (non-hydrogen) atoms. The highest BCUT2D eigenvalue weighted by atomic mass is 127. The van der Waals surface area contributed by atoms with Gasteiger partial charge in [0.1, 0.15) is 5.01 Å². The lowest BCUT2D eigenvalue weighted by Gasteiger charge is -2.26. The average molecular weight is 475 g/mol. The van der Waals surface area contributed by atoms with Gasteiger partial charge in [-0.15, -0.1) is 35.3 Å². The van der Waals surface area contributed by atoms with Gasteiger partial charge in [0.25, 0.3) is 0 Å². The summed E-state index contributed by atoms with van der Waals surface area (Å²) in [6, 6.07) is 0. The molecule has 0 aliphatic rings. The summed E-state index contributed by atoms with van der Waals surface area (Å²) in [6.45, 7) is 8.64. The van der Waals surface area contributed by atoms with Crippen LogP contribution in [0.2, 0.25) is 0 Å². The van der Waals surface area contributed by atoms with Gasteiger partial charge < -0.3 is 10.6 Å². The first kappa shape index (κ1) is 22.5. The van der Waals surface area contributed by atoms with Crippen molar-refractivity contribution in [2.45, 2.75) is 39.8 Å². The van der Waals surface area contributed by atoms with Crippen LogP contribution in [0.4, 0.5) is 0 Å². The van der Waals surface area contributed by atoms with Crippen LogP contribution < -0.4 is 15.4 Å². The summed E-state index contributed by atoms with van der Waals surface area (Å²) in [5.41, 5.74) is 0.433. The molecule has 1 aromatic rings. The van der Waals surface area contributed by atoms with Crippen molar-refractivity contribution in [3.05, 3.63) is 15.6 Å². The predicted molar refractivity (Wildman–Crippen MR) is 107 cm³/mol. The molecule has 10 heteroatoms. The van der Waals surface area contributed by atoms with E-state index >= 15 is 0 Å². The Bertz CT molecular complexity index is 621. The van der Waals surface area contributed by atoms with E-state index in [1.807, 2.05) is 27.7 Å². The topological polar surface area (TPSA) is 95.5 Å². The first-order chi connectivity index (χ1) is 10.0. The van der Waals surface area contributed by atoms with Crippen molar-refractivity contribution >= 4 is 51.3 Å². The highest BCUT2D eigenvalue weighted by Crippen LogP contribution is 2.15. The fraction of sp³-hybridized carbons (Fsp3) is 0.692. The lowest BCUT2D eigenvalue weighted by Crippen LogP contribution is -2.52. The fourth-order valence-corrected chi connectivity index (χ4v) is 3.79. The van der Waals surface area contributed by atoms with Crippen LogP contribution in [0.5, 0.6) is 0 Å². The monoisotopic (exact) mass is 475 g/mol. The Morgan fingerprint density at radius 3 is 2.35 bits per heavy atom. The highest BCUT2D eigenvalue weighted by molar-refractivity contribution is 14.0. The fourth-order valence-electron chi connectivity index (χ4n) is 1.84. The molecule has 0 saturated carbocycles. The van der Waals surface area contributed by atoms with Crippen LogP contribution in [-0.2, 0) is 16.6 Å². The van der Waals surface area contributed by atoms with Gasteiger partial charge in [-0.2, -0.15) is 0 Å². The number of hydrogen-bond donors (Lipinski definition) is 3. The lowest BCUT2D eigenvalue weighted by atomic mass is 10.1. The van der Waals surface area contributed by atoms with Crippen LogP contribution in [0.1, 0.15) is 29.4 Å². The molecule has 7 nitrogen and oxygen atoms in total. The molecule has 1 aromatic heterocycles. The first-order valence-corrected chi connectivity index (χ1v) is 9.59. The number of thiazole rings is 1. The maximum absolute atomic E-state index is 11.3. The minimum absolute atomic E-state index is 0. The number of nitrogens with one attached hydrogen (secondary N) is 3. The van der Waals surface area contributed by atoms with Crippen LogP contribution in [0, 0.1) is 13.8 Å². The number of aryl methyl sites for hydroxylation is 2. The summed E-state index contributed by atoms with van der Waals surface area (Å²) < 4.78 is 25.2. The molecule has 0 spiro atoms. The summed E-state index contributed by atoms with van der Waals surface area (Å²) in [5, 5.41) is 7.28. The number of nitrogens with zero attached hydrogens (tertiary/aromatic N) is 2. The van der Waals surface area contributed by atoms with Gasteiger partial charge in [0.2, 0.25) is 10.0 Å². The molecule has 0 aliphatic carbocycles. The summed E-state index contributed by atoms with van der Waals surface area (Å²) in [5.74, 6) is 0.605. The third kappa shape index (κ3) is 8.82. The molecular weight excluding hydrogens is 449 g/mol. The standard InChI is InChI=1S/C13H25N5O2S2.HI/c1-9-10(2)21-11(17-9)7-15-12(14-5)16-8-13(3,4)18-22(6,19)20;/h18H,7-8H2,1-6H3,(H2,14,15,16);1H. The van der Waals surface area contributed by atoms with E-state index < -0.39 is 15.6 Å². The molecule has 0 aliphatic heterocycles. The van der Waals surface area contributed by atoms with Crippen LogP contribution in [0.25, 0.3) is 0 Å². The van der Waals surface area contributed by atoms with Crippen molar-refractivity contribution in [2.24, 2.45) is 4.99 Å². The normalized spacial score (nSPS) is 12.7. The van der Waals surface area contributed by atoms with E-state index in [0.717, 1.165) is 17.0 Å². The highest BCUT2D eigenvalue weighted by Gasteiger charge is 2.22. The molecule has 0 bridgehead atoms. The lowest BCUT2D eigenvalue weighted by molar-refractivity contribution is 0.446. The van der Waals surface area contributed by atoms with E-state index in [4.69, 9.17) is 0 Å². The van der Waals surface area contributed by atoms with Crippen molar-refractivity contribution in [2.75, 3.05) is 19.8 Å². The number of guanidine groups is 1. The minimum Gasteiger partial charge on any atom is -0.355 e. The Kier molecular flexibility index (Phi) is 8.95. The molecule has 0 atom stereocenters. The van der Waals surface area contributed by atoms with E-state index in [-0.39, 0.29) is 24.0 Å². The van der Waals surface area contributed by atoms with E-state index in [2.05, 4.69) is 25.3 Å². The van der Waals surface area contributed by atoms with Crippen molar-refractivity contribution in [3.8, 4) is 0 Å². The third-order valence-corrected chi connectivity index (χ3v) is 4.86. The Morgan fingerprint density at radius 2 is 1.91 bits per heavy atom. The zero-order chi connectivity index (χ0) is 17.0. The van der Waals surface area contributed by atoms with Gasteiger partial charge in [-0.3, -0.25) is 4.99 Å². The van der Waals surface area contributed by atoms with Gasteiger partial charge in [-0.25, -0.2) is 18.1 Å². The Labute approximate surface area is 159 Å². The Balaban J connectivity index is 0.00000484. The third-order valence-electron chi connectivity index (χ3n) is 2.86. The van der Waals surface area contributed by atoms with Gasteiger partial charge in [-0.1, -0.05) is 0 Å². The van der Waals surface area contributed by atoms with Gasteiger partial charge in [0, 0.05) is 24.0 Å². The maximum atomic E-state index is 11.3. The van der Waals surface area contributed by atoms with Crippen LogP contribution in [-0.4, -0.2) is 44.7 Å². The second-order valence-corrected chi connectivity index (χ2v) is 8.82. The van der Waals surface area contributed by atoms with Gasteiger partial charge in [-0.05, 0) is 27.7 Å². The summed E-state index contributed by atoms with van der Waals surface area (Å²) >= 11 is 1.65. The zero-order valence-electron chi connectivity index (χ0n) is 14.3. The van der Waals surface area contributed by atoms with E-state index in [0.29, 0.717) is 19.0 Å². The van der Waals surface area contributed by atoms with Gasteiger partial charge in [0.15, 0.2) is 5.96 Å². The molecule has 0 fully saturated rings. The predicted octanol–water partition coefficient (Wildman–Crippen LogP) is 1.37. The number of aliphatic imine (C=N–C) groups is 1. The van der Waals surface area contributed by atoms with Crippen LogP contribution in [0.3, 0.4) is 0 Å². The first-order valence-electron chi connectivity index (χ1n) is 6.89. The Morgan fingerprint density at radius 1 is 1.30 bits per heavy atom. The van der Waals surface area contributed by atoms with Gasteiger partial charge in [0.05, 0.1) is 18.5 Å². The number of aromatic nitrogens is 1. The smallest absolute Gasteiger partial charge is 0.209 e. The van der Waals surface area contributed by atoms with E-state index in [1.54, 1.807) is 18.4 Å². The number of hydrogen-bond acceptors (Lipinski definition) is 5. The van der Waals surface area contributed by atoms with E-state index in [1.165, 1.54) is 4.88 Å². The van der Waals surface area contributed by atoms with Crippen molar-refractivity contribution in [3.63, 3.8) is 0 Å². The molecule has 3 N–H and O–H groups in total. The summed E-state index contributed by atoms with van der Waals surface area (Å²) in [7, 11) is -1.58. The molecule has 0 amide bonds. The minimum atomic E-state index is -3.25. The molecular formula is C13H26IN5O2S2.